The lowest BCUT2D eigenvalue weighted by molar-refractivity contribution is -0.119. The topological polar surface area (TPSA) is 67.9 Å². The molecule has 1 fully saturated rings. The minimum Gasteiger partial charge on any atom is -0.351 e. The Labute approximate surface area is 136 Å². The van der Waals surface area contributed by atoms with E-state index in [0.29, 0.717) is 0 Å². The zero-order chi connectivity index (χ0) is 16.8. The maximum Gasteiger partial charge on any atom is 0.172 e. The van der Waals surface area contributed by atoms with Crippen molar-refractivity contribution in [2.75, 3.05) is 4.90 Å². The Bertz CT molecular complexity index is 752. The van der Waals surface area contributed by atoms with E-state index in [4.69, 9.17) is 0 Å². The number of carbonyl (C=O) groups excluding carboxylic acids is 1. The van der Waals surface area contributed by atoms with Gasteiger partial charge in [0.2, 0.25) is 0 Å². The molecule has 0 spiro atoms. The zero-order valence-electron chi connectivity index (χ0n) is 13.5. The van der Waals surface area contributed by atoms with Crippen molar-refractivity contribution in [2.45, 2.75) is 32.9 Å². The van der Waals surface area contributed by atoms with Gasteiger partial charge in [-0.15, -0.1) is 0 Å². The van der Waals surface area contributed by atoms with E-state index in [1.165, 1.54) is 0 Å². The van der Waals surface area contributed by atoms with Crippen LogP contribution in [0.3, 0.4) is 0 Å². The average molecular weight is 305 g/mol. The Balaban J connectivity index is 2.28. The van der Waals surface area contributed by atoms with Gasteiger partial charge in [0, 0.05) is 11.6 Å². The summed E-state index contributed by atoms with van der Waals surface area (Å²) in [5, 5.41) is 19.8. The van der Waals surface area contributed by atoms with Crippen molar-refractivity contribution < 1.29 is 4.79 Å². The highest BCUT2D eigenvalue weighted by Crippen LogP contribution is 2.53. The van der Waals surface area contributed by atoms with Crippen LogP contribution in [0.1, 0.15) is 26.3 Å². The maximum absolute atomic E-state index is 12.5. The number of para-hydroxylation sites is 1. The molecule has 0 aliphatic carbocycles. The summed E-state index contributed by atoms with van der Waals surface area (Å²) in [5.74, 6) is -0.267. The minimum atomic E-state index is -1.21. The number of anilines is 1. The third-order valence-electron chi connectivity index (χ3n) is 5.11. The van der Waals surface area contributed by atoms with E-state index in [2.05, 4.69) is 12.1 Å². The molecular weight excluding hydrogens is 286 g/mol. The van der Waals surface area contributed by atoms with Gasteiger partial charge in [0.05, 0.1) is 24.2 Å². The number of hydrogen-bond donors (Lipinski definition) is 0. The number of fused-ring (bicyclic) bond motifs is 3. The van der Waals surface area contributed by atoms with Crippen LogP contribution in [-0.4, -0.2) is 17.9 Å². The van der Waals surface area contributed by atoms with Crippen LogP contribution >= 0.6 is 0 Å². The van der Waals surface area contributed by atoms with Gasteiger partial charge >= 0.3 is 0 Å². The number of hydrogen-bond acceptors (Lipinski definition) is 4. The van der Waals surface area contributed by atoms with Crippen molar-refractivity contribution in [3.8, 4) is 12.1 Å². The monoisotopic (exact) mass is 305 g/mol. The summed E-state index contributed by atoms with van der Waals surface area (Å²) in [6.45, 7) is 5.53. The van der Waals surface area contributed by atoms with Crippen LogP contribution in [0.4, 0.5) is 5.69 Å². The summed E-state index contributed by atoms with van der Waals surface area (Å²) < 4.78 is 0. The van der Waals surface area contributed by atoms with Gasteiger partial charge in [-0.25, -0.2) is 0 Å². The van der Waals surface area contributed by atoms with E-state index >= 15 is 0 Å². The van der Waals surface area contributed by atoms with Crippen molar-refractivity contribution in [1.29, 1.82) is 10.5 Å². The lowest BCUT2D eigenvalue weighted by Gasteiger charge is -2.35. The summed E-state index contributed by atoms with van der Waals surface area (Å²) in [6, 6.07) is 11.5. The second-order valence-corrected chi connectivity index (χ2v) is 6.69. The molecule has 116 valence electrons. The molecule has 1 saturated heterocycles. The highest BCUT2D eigenvalue weighted by atomic mass is 16.1. The molecule has 2 heterocycles. The van der Waals surface area contributed by atoms with Gasteiger partial charge in [0.1, 0.15) is 0 Å². The predicted molar refractivity (Wildman–Crippen MR) is 88.2 cm³/mol. The molecule has 3 atom stereocenters. The van der Waals surface area contributed by atoms with Crippen molar-refractivity contribution in [2.24, 2.45) is 17.3 Å². The van der Waals surface area contributed by atoms with Crippen LogP contribution in [0.25, 0.3) is 6.08 Å². The highest BCUT2D eigenvalue weighted by molar-refractivity contribution is 5.90. The first-order chi connectivity index (χ1) is 11.0. The second-order valence-electron chi connectivity index (χ2n) is 6.69. The summed E-state index contributed by atoms with van der Waals surface area (Å²) in [7, 11) is 0. The standard InChI is InChI=1S/C19H19N3O/c1-12(2)17-18(13(3)23)22-15-7-5-4-6-14(15)8-9-16(22)19(17,10-20)11-21/h4-9,12,16-18H,1-3H3/t16-,17+,18-/m1/s1. The van der Waals surface area contributed by atoms with Crippen LogP contribution in [0.2, 0.25) is 0 Å². The average Bonchev–Trinajstić information content (AvgIpc) is 2.86. The SMILES string of the molecule is CC(=O)[C@@H]1[C@H](C(C)C)C(C#N)(C#N)[C@H]2C=Cc3ccccc3N12. The first kappa shape index (κ1) is 15.3. The van der Waals surface area contributed by atoms with Gasteiger partial charge in [0.15, 0.2) is 11.2 Å². The third-order valence-corrected chi connectivity index (χ3v) is 5.11. The van der Waals surface area contributed by atoms with Gasteiger partial charge < -0.3 is 4.90 Å². The first-order valence-corrected chi connectivity index (χ1v) is 7.86. The molecule has 3 rings (SSSR count). The Morgan fingerprint density at radius 2 is 1.91 bits per heavy atom. The van der Waals surface area contributed by atoms with Crippen LogP contribution in [0.15, 0.2) is 30.3 Å². The Morgan fingerprint density at radius 3 is 2.48 bits per heavy atom. The molecule has 0 aromatic heterocycles. The minimum absolute atomic E-state index is 0.00572. The Kier molecular flexibility index (Phi) is 3.49. The Morgan fingerprint density at radius 1 is 1.26 bits per heavy atom. The molecule has 0 amide bonds. The summed E-state index contributed by atoms with van der Waals surface area (Å²) in [4.78, 5) is 14.5. The maximum atomic E-state index is 12.5. The number of rotatable bonds is 2. The summed E-state index contributed by atoms with van der Waals surface area (Å²) in [5.41, 5.74) is 0.733. The normalized spacial score (nSPS) is 27.0. The number of ketones is 1. The van der Waals surface area contributed by atoms with E-state index in [0.717, 1.165) is 11.3 Å². The van der Waals surface area contributed by atoms with E-state index in [1.54, 1.807) is 6.92 Å². The molecule has 2 aliphatic rings. The van der Waals surface area contributed by atoms with E-state index in [9.17, 15) is 15.3 Å². The molecule has 4 nitrogen and oxygen atoms in total. The van der Waals surface area contributed by atoms with Gasteiger partial charge in [-0.1, -0.05) is 44.2 Å². The van der Waals surface area contributed by atoms with Gasteiger partial charge in [-0.05, 0) is 24.5 Å². The first-order valence-electron chi connectivity index (χ1n) is 7.86. The molecule has 0 radical (unpaired) electrons. The van der Waals surface area contributed by atoms with Gasteiger partial charge in [0.25, 0.3) is 0 Å². The van der Waals surface area contributed by atoms with Crippen LogP contribution in [0.5, 0.6) is 0 Å². The molecule has 2 aliphatic heterocycles. The largest absolute Gasteiger partial charge is 0.351 e. The number of carbonyl (C=O) groups is 1. The molecule has 0 saturated carbocycles. The molecular formula is C19H19N3O. The molecule has 4 heteroatoms. The molecule has 1 aromatic rings. The Hall–Kier alpha value is -2.59. The molecule has 0 N–H and O–H groups in total. The lowest BCUT2D eigenvalue weighted by atomic mass is 9.68. The number of Topliss-reactive ketones (excluding diaryl/α,β-unsaturated/α-hetero) is 1. The van der Waals surface area contributed by atoms with Gasteiger partial charge in [-0.2, -0.15) is 10.5 Å². The smallest absolute Gasteiger partial charge is 0.172 e. The second kappa shape index (κ2) is 5.25. The fraction of sp³-hybridized carbons (Fsp3) is 0.421. The third kappa shape index (κ3) is 1.92. The fourth-order valence-electron chi connectivity index (χ4n) is 4.26. The van der Waals surface area contributed by atoms with E-state index < -0.39 is 17.5 Å². The molecule has 0 unspecified atom stereocenters. The van der Waals surface area contributed by atoms with E-state index in [1.807, 2.05) is 55.2 Å². The molecule has 1 aromatic carbocycles. The zero-order valence-corrected chi connectivity index (χ0v) is 13.5. The van der Waals surface area contributed by atoms with Crippen molar-refractivity contribution >= 4 is 17.5 Å². The van der Waals surface area contributed by atoms with Crippen LogP contribution in [0, 0.1) is 39.9 Å². The van der Waals surface area contributed by atoms with Crippen molar-refractivity contribution in [3.63, 3.8) is 0 Å². The van der Waals surface area contributed by atoms with Crippen LogP contribution in [-0.2, 0) is 4.79 Å². The highest BCUT2D eigenvalue weighted by Gasteiger charge is 2.62. The lowest BCUT2D eigenvalue weighted by Crippen LogP contribution is -2.44. The molecule has 0 bridgehead atoms. The van der Waals surface area contributed by atoms with Crippen LogP contribution < -0.4 is 4.90 Å². The van der Waals surface area contributed by atoms with Crippen molar-refractivity contribution in [1.82, 2.24) is 0 Å². The number of benzene rings is 1. The summed E-state index contributed by atoms with van der Waals surface area (Å²) >= 11 is 0. The fourth-order valence-corrected chi connectivity index (χ4v) is 4.26. The van der Waals surface area contributed by atoms with Crippen molar-refractivity contribution in [3.05, 3.63) is 35.9 Å². The quantitative estimate of drug-likeness (QED) is 0.841. The predicted octanol–water partition coefficient (Wildman–Crippen LogP) is 3.17. The summed E-state index contributed by atoms with van der Waals surface area (Å²) in [6.07, 6.45) is 3.87. The van der Waals surface area contributed by atoms with Gasteiger partial charge in [-0.3, -0.25) is 4.79 Å². The van der Waals surface area contributed by atoms with E-state index in [-0.39, 0.29) is 17.6 Å². The number of nitrogens with zero attached hydrogens (tertiary/aromatic N) is 3. The molecule has 23 heavy (non-hydrogen) atoms. The number of nitriles is 2.